The van der Waals surface area contributed by atoms with E-state index in [4.69, 9.17) is 9.47 Å². The van der Waals surface area contributed by atoms with Gasteiger partial charge in [0, 0.05) is 25.5 Å². The van der Waals surface area contributed by atoms with Crippen molar-refractivity contribution in [2.24, 2.45) is 0 Å². The van der Waals surface area contributed by atoms with Crippen LogP contribution in [-0.4, -0.2) is 36.0 Å². The minimum Gasteiger partial charge on any atom is -0.382 e. The summed E-state index contributed by atoms with van der Waals surface area (Å²) in [4.78, 5) is 4.10. The zero-order chi connectivity index (χ0) is 11.2. The summed E-state index contributed by atoms with van der Waals surface area (Å²) in [7, 11) is 1.71. The minimum absolute atomic E-state index is 0.385. The van der Waals surface area contributed by atoms with Crippen molar-refractivity contribution in [2.75, 3.05) is 20.3 Å². The summed E-state index contributed by atoms with van der Waals surface area (Å²) in [6.07, 6.45) is 10.9. The van der Waals surface area contributed by atoms with Gasteiger partial charge in [-0.3, -0.25) is 0 Å². The zero-order valence-corrected chi connectivity index (χ0v) is 9.84. The molecule has 0 spiro atoms. The molecule has 4 heteroatoms. The highest BCUT2D eigenvalue weighted by molar-refractivity contribution is 4.84. The van der Waals surface area contributed by atoms with Gasteiger partial charge in [-0.2, -0.15) is 0 Å². The maximum absolute atomic E-state index is 5.79. The highest BCUT2D eigenvalue weighted by atomic mass is 16.5. The minimum atomic E-state index is 0.385. The van der Waals surface area contributed by atoms with E-state index in [0.717, 1.165) is 6.42 Å². The quantitative estimate of drug-likeness (QED) is 0.718. The molecule has 1 saturated carbocycles. The fraction of sp³-hybridized carbons (Fsp3) is 0.750. The van der Waals surface area contributed by atoms with Crippen LogP contribution in [0.5, 0.6) is 0 Å². The van der Waals surface area contributed by atoms with E-state index in [2.05, 4.69) is 9.55 Å². The molecule has 0 aliphatic heterocycles. The van der Waals surface area contributed by atoms with Gasteiger partial charge in [-0.15, -0.1) is 0 Å². The van der Waals surface area contributed by atoms with Crippen LogP contribution >= 0.6 is 0 Å². The molecule has 0 N–H and O–H groups in total. The largest absolute Gasteiger partial charge is 0.382 e. The first-order valence-corrected chi connectivity index (χ1v) is 5.98. The van der Waals surface area contributed by atoms with E-state index in [1.807, 2.05) is 18.7 Å². The third-order valence-electron chi connectivity index (χ3n) is 3.19. The predicted molar refractivity (Wildman–Crippen MR) is 61.3 cm³/mol. The van der Waals surface area contributed by atoms with Gasteiger partial charge in [0.1, 0.15) is 0 Å². The van der Waals surface area contributed by atoms with Crippen LogP contribution in [0, 0.1) is 0 Å². The lowest BCUT2D eigenvalue weighted by atomic mass is 9.93. The molecule has 0 saturated heterocycles. The lowest BCUT2D eigenvalue weighted by molar-refractivity contribution is -0.00983. The first kappa shape index (κ1) is 11.6. The number of aromatic nitrogens is 2. The van der Waals surface area contributed by atoms with E-state index in [9.17, 15) is 0 Å². The Labute approximate surface area is 96.6 Å². The van der Waals surface area contributed by atoms with Crippen molar-refractivity contribution in [3.63, 3.8) is 0 Å². The summed E-state index contributed by atoms with van der Waals surface area (Å²) < 4.78 is 13.0. The van der Waals surface area contributed by atoms with Gasteiger partial charge in [-0.1, -0.05) is 0 Å². The van der Waals surface area contributed by atoms with Crippen LogP contribution in [0.1, 0.15) is 31.7 Å². The molecular formula is C12H20N2O2. The molecule has 0 aromatic carbocycles. The van der Waals surface area contributed by atoms with Crippen LogP contribution in [0.25, 0.3) is 0 Å². The fourth-order valence-electron chi connectivity index (χ4n) is 2.33. The maximum Gasteiger partial charge on any atom is 0.0948 e. The Balaban J connectivity index is 1.80. The highest BCUT2D eigenvalue weighted by Crippen LogP contribution is 2.29. The molecule has 0 amide bonds. The van der Waals surface area contributed by atoms with Crippen molar-refractivity contribution < 1.29 is 9.47 Å². The molecule has 1 aromatic rings. The molecule has 1 aliphatic rings. The van der Waals surface area contributed by atoms with Crippen molar-refractivity contribution in [1.82, 2.24) is 9.55 Å². The monoisotopic (exact) mass is 224 g/mol. The van der Waals surface area contributed by atoms with Crippen LogP contribution in [0.4, 0.5) is 0 Å². The molecule has 16 heavy (non-hydrogen) atoms. The SMILES string of the molecule is COCCO[C@@H]1CCCC(n2ccnc2)C1. The van der Waals surface area contributed by atoms with Crippen molar-refractivity contribution in [2.45, 2.75) is 37.8 Å². The van der Waals surface area contributed by atoms with E-state index in [1.165, 1.54) is 19.3 Å². The summed E-state index contributed by atoms with van der Waals surface area (Å²) >= 11 is 0. The number of rotatable bonds is 5. The van der Waals surface area contributed by atoms with Crippen LogP contribution in [-0.2, 0) is 9.47 Å². The van der Waals surface area contributed by atoms with Crippen molar-refractivity contribution >= 4 is 0 Å². The fourth-order valence-corrected chi connectivity index (χ4v) is 2.33. The number of hydrogen-bond donors (Lipinski definition) is 0. The zero-order valence-electron chi connectivity index (χ0n) is 9.84. The standard InChI is InChI=1S/C12H20N2O2/c1-15-7-8-16-12-4-2-3-11(9-12)14-6-5-13-10-14/h5-6,10-12H,2-4,7-9H2,1H3/t11?,12-/m1/s1. The molecular weight excluding hydrogens is 204 g/mol. The number of nitrogens with zero attached hydrogens (tertiary/aromatic N) is 2. The van der Waals surface area contributed by atoms with Crippen LogP contribution in [0.3, 0.4) is 0 Å². The summed E-state index contributed by atoms with van der Waals surface area (Å²) in [5, 5.41) is 0. The van der Waals surface area contributed by atoms with Gasteiger partial charge in [0.15, 0.2) is 0 Å². The molecule has 1 aromatic heterocycles. The number of hydrogen-bond acceptors (Lipinski definition) is 3. The molecule has 1 fully saturated rings. The normalized spacial score (nSPS) is 25.8. The van der Waals surface area contributed by atoms with E-state index < -0.39 is 0 Å². The summed E-state index contributed by atoms with van der Waals surface area (Å²) in [5.41, 5.74) is 0. The van der Waals surface area contributed by atoms with Crippen LogP contribution in [0.2, 0.25) is 0 Å². The summed E-state index contributed by atoms with van der Waals surface area (Å²) in [6, 6.07) is 0.559. The third kappa shape index (κ3) is 3.06. The molecule has 2 atom stereocenters. The van der Waals surface area contributed by atoms with Crippen molar-refractivity contribution in [3.05, 3.63) is 18.7 Å². The summed E-state index contributed by atoms with van der Waals surface area (Å²) in [5.74, 6) is 0. The summed E-state index contributed by atoms with van der Waals surface area (Å²) in [6.45, 7) is 1.39. The van der Waals surface area contributed by atoms with Crippen molar-refractivity contribution in [3.8, 4) is 0 Å². The van der Waals surface area contributed by atoms with Crippen molar-refractivity contribution in [1.29, 1.82) is 0 Å². The molecule has 2 rings (SSSR count). The first-order valence-electron chi connectivity index (χ1n) is 5.98. The molecule has 0 bridgehead atoms. The molecule has 0 radical (unpaired) electrons. The van der Waals surface area contributed by atoms with Gasteiger partial charge in [-0.25, -0.2) is 4.98 Å². The van der Waals surface area contributed by atoms with Gasteiger partial charge < -0.3 is 14.0 Å². The number of imidazole rings is 1. The lowest BCUT2D eigenvalue weighted by Gasteiger charge is -2.29. The Kier molecular flexibility index (Phi) is 4.36. The second-order valence-electron chi connectivity index (χ2n) is 4.32. The topological polar surface area (TPSA) is 36.3 Å². The van der Waals surface area contributed by atoms with Gasteiger partial charge in [0.2, 0.25) is 0 Å². The van der Waals surface area contributed by atoms with E-state index in [0.29, 0.717) is 25.4 Å². The Morgan fingerprint density at radius 1 is 1.38 bits per heavy atom. The van der Waals surface area contributed by atoms with E-state index in [-0.39, 0.29) is 0 Å². The second-order valence-corrected chi connectivity index (χ2v) is 4.32. The Morgan fingerprint density at radius 3 is 3.06 bits per heavy atom. The molecule has 90 valence electrons. The van der Waals surface area contributed by atoms with Gasteiger partial charge in [0.05, 0.1) is 25.6 Å². The number of ether oxygens (including phenoxy) is 2. The average Bonchev–Trinajstić information content (AvgIpc) is 2.83. The van der Waals surface area contributed by atoms with Crippen LogP contribution in [0.15, 0.2) is 18.7 Å². The van der Waals surface area contributed by atoms with Gasteiger partial charge in [-0.05, 0) is 25.7 Å². The molecule has 1 aliphatic carbocycles. The molecule has 1 heterocycles. The lowest BCUT2D eigenvalue weighted by Crippen LogP contribution is -2.25. The second kappa shape index (κ2) is 6.01. The highest BCUT2D eigenvalue weighted by Gasteiger charge is 2.23. The van der Waals surface area contributed by atoms with Crippen LogP contribution < -0.4 is 0 Å². The Morgan fingerprint density at radius 2 is 2.31 bits per heavy atom. The smallest absolute Gasteiger partial charge is 0.0948 e. The Hall–Kier alpha value is -0.870. The molecule has 1 unspecified atom stereocenters. The molecule has 4 nitrogen and oxygen atoms in total. The van der Waals surface area contributed by atoms with Gasteiger partial charge in [0.25, 0.3) is 0 Å². The Bertz CT molecular complexity index is 287. The average molecular weight is 224 g/mol. The third-order valence-corrected chi connectivity index (χ3v) is 3.19. The maximum atomic E-state index is 5.79. The van der Waals surface area contributed by atoms with E-state index in [1.54, 1.807) is 7.11 Å². The predicted octanol–water partition coefficient (Wildman–Crippen LogP) is 2.03. The number of methoxy groups -OCH3 is 1. The van der Waals surface area contributed by atoms with E-state index >= 15 is 0 Å². The first-order chi connectivity index (χ1) is 7.90. The van der Waals surface area contributed by atoms with Gasteiger partial charge >= 0.3 is 0 Å².